The van der Waals surface area contributed by atoms with E-state index >= 15 is 0 Å². The molecule has 142 valence electrons. The maximum Gasteiger partial charge on any atom is 0.416 e. The van der Waals surface area contributed by atoms with Crippen LogP contribution in [0.4, 0.5) is 24.5 Å². The first-order valence-electron chi connectivity index (χ1n) is 8.79. The molecule has 27 heavy (non-hydrogen) atoms. The van der Waals surface area contributed by atoms with Gasteiger partial charge in [0.25, 0.3) is 0 Å². The van der Waals surface area contributed by atoms with Crippen LogP contribution in [0.3, 0.4) is 0 Å². The Balaban J connectivity index is 1.81. The molecule has 2 aromatic rings. The Morgan fingerprint density at radius 3 is 2.70 bits per heavy atom. The molecule has 2 aliphatic rings. The van der Waals surface area contributed by atoms with Gasteiger partial charge in [-0.2, -0.15) is 13.2 Å². The summed E-state index contributed by atoms with van der Waals surface area (Å²) >= 11 is 0. The van der Waals surface area contributed by atoms with Crippen LogP contribution in [0.5, 0.6) is 5.88 Å². The number of rotatable bonds is 2. The van der Waals surface area contributed by atoms with Crippen molar-refractivity contribution in [1.82, 2.24) is 4.98 Å². The van der Waals surface area contributed by atoms with Crippen LogP contribution in [0.25, 0.3) is 0 Å². The largest absolute Gasteiger partial charge is 0.481 e. The highest BCUT2D eigenvalue weighted by atomic mass is 19.4. The number of amidine groups is 1. The summed E-state index contributed by atoms with van der Waals surface area (Å²) in [6, 6.07) is 6.51. The minimum Gasteiger partial charge on any atom is -0.481 e. The van der Waals surface area contributed by atoms with Crippen LogP contribution < -0.4 is 9.64 Å². The summed E-state index contributed by atoms with van der Waals surface area (Å²) < 4.78 is 45.1. The number of hydrogen-bond donors (Lipinski definition) is 0. The van der Waals surface area contributed by atoms with Gasteiger partial charge in [-0.1, -0.05) is 13.0 Å². The third-order valence-corrected chi connectivity index (χ3v) is 5.46. The van der Waals surface area contributed by atoms with E-state index in [-0.39, 0.29) is 11.0 Å². The first-order chi connectivity index (χ1) is 12.7. The van der Waals surface area contributed by atoms with Crippen LogP contribution in [0.1, 0.15) is 30.0 Å². The molecule has 0 amide bonds. The number of fused-ring (bicyclic) bond motifs is 2. The smallest absolute Gasteiger partial charge is 0.416 e. The van der Waals surface area contributed by atoms with E-state index in [4.69, 9.17) is 4.74 Å². The molecule has 2 aliphatic heterocycles. The van der Waals surface area contributed by atoms with Gasteiger partial charge in [0, 0.05) is 29.9 Å². The minimum absolute atomic E-state index is 0.199. The van der Waals surface area contributed by atoms with E-state index in [2.05, 4.69) is 21.8 Å². The number of alkyl halides is 3. The lowest BCUT2D eigenvalue weighted by atomic mass is 9.78. The fraction of sp³-hybridized carbons (Fsp3) is 0.400. The van der Waals surface area contributed by atoms with Crippen molar-refractivity contribution in [3.05, 3.63) is 47.2 Å². The molecule has 0 spiro atoms. The van der Waals surface area contributed by atoms with Crippen LogP contribution in [-0.2, 0) is 12.6 Å². The second-order valence-corrected chi connectivity index (χ2v) is 7.42. The Morgan fingerprint density at radius 1 is 1.22 bits per heavy atom. The van der Waals surface area contributed by atoms with Crippen molar-refractivity contribution in [2.24, 2.45) is 10.4 Å². The van der Waals surface area contributed by atoms with E-state index in [0.717, 1.165) is 30.1 Å². The van der Waals surface area contributed by atoms with Crippen molar-refractivity contribution < 1.29 is 17.9 Å². The molecule has 4 rings (SSSR count). The lowest BCUT2D eigenvalue weighted by Crippen LogP contribution is -2.36. The van der Waals surface area contributed by atoms with Gasteiger partial charge in [-0.15, -0.1) is 0 Å². The highest BCUT2D eigenvalue weighted by Crippen LogP contribution is 2.46. The maximum atomic E-state index is 13.3. The van der Waals surface area contributed by atoms with Gasteiger partial charge in [-0.3, -0.25) is 0 Å². The number of anilines is 1. The van der Waals surface area contributed by atoms with Crippen LogP contribution in [-0.4, -0.2) is 24.5 Å². The van der Waals surface area contributed by atoms with Gasteiger partial charge >= 0.3 is 6.18 Å². The van der Waals surface area contributed by atoms with Gasteiger partial charge in [0.05, 0.1) is 18.4 Å². The minimum atomic E-state index is -4.38. The van der Waals surface area contributed by atoms with Gasteiger partial charge in [0.1, 0.15) is 5.84 Å². The Hall–Kier alpha value is -2.57. The third-order valence-electron chi connectivity index (χ3n) is 5.46. The SMILES string of the molecule is COc1cc(N2CC[C@@]3(C)Cc4cc(C)c(C(F)(F)F)cc4N=C23)ccn1. The Kier molecular flexibility index (Phi) is 3.94. The van der Waals surface area contributed by atoms with Crippen LogP contribution in [0.2, 0.25) is 0 Å². The van der Waals surface area contributed by atoms with E-state index in [0.29, 0.717) is 18.0 Å². The van der Waals surface area contributed by atoms with Crippen molar-refractivity contribution in [3.63, 3.8) is 0 Å². The summed E-state index contributed by atoms with van der Waals surface area (Å²) in [4.78, 5) is 10.9. The number of aromatic nitrogens is 1. The predicted molar refractivity (Wildman–Crippen MR) is 97.8 cm³/mol. The summed E-state index contributed by atoms with van der Waals surface area (Å²) in [5, 5.41) is 0. The number of ether oxygens (including phenoxy) is 1. The highest BCUT2D eigenvalue weighted by Gasteiger charge is 2.44. The van der Waals surface area contributed by atoms with E-state index in [9.17, 15) is 13.2 Å². The van der Waals surface area contributed by atoms with Gasteiger partial charge in [-0.25, -0.2) is 9.98 Å². The number of aliphatic imine (C=N–C) groups is 1. The number of aryl methyl sites for hydroxylation is 1. The summed E-state index contributed by atoms with van der Waals surface area (Å²) in [5.74, 6) is 1.30. The van der Waals surface area contributed by atoms with Crippen molar-refractivity contribution in [1.29, 1.82) is 0 Å². The zero-order valence-electron chi connectivity index (χ0n) is 15.4. The number of halogens is 3. The molecule has 1 atom stereocenters. The summed E-state index contributed by atoms with van der Waals surface area (Å²) in [6.07, 6.45) is -1.16. The molecule has 1 fully saturated rings. The number of benzene rings is 1. The lowest BCUT2D eigenvalue weighted by Gasteiger charge is -2.33. The normalized spacial score (nSPS) is 21.6. The Bertz CT molecular complexity index is 939. The molecule has 0 bridgehead atoms. The summed E-state index contributed by atoms with van der Waals surface area (Å²) in [7, 11) is 1.55. The molecule has 0 N–H and O–H groups in total. The lowest BCUT2D eigenvalue weighted by molar-refractivity contribution is -0.138. The molecule has 0 unspecified atom stereocenters. The second kappa shape index (κ2) is 5.97. The quantitative estimate of drug-likeness (QED) is 0.748. The average molecular weight is 375 g/mol. The van der Waals surface area contributed by atoms with Crippen molar-refractivity contribution in [2.75, 3.05) is 18.6 Å². The molecule has 0 aliphatic carbocycles. The molecule has 1 aromatic carbocycles. The van der Waals surface area contributed by atoms with Gasteiger partial charge in [-0.05, 0) is 43.0 Å². The molecule has 7 heteroatoms. The van der Waals surface area contributed by atoms with Crippen molar-refractivity contribution >= 4 is 17.2 Å². The second-order valence-electron chi connectivity index (χ2n) is 7.42. The topological polar surface area (TPSA) is 37.7 Å². The number of hydrogen-bond acceptors (Lipinski definition) is 4. The van der Waals surface area contributed by atoms with Gasteiger partial charge in [0.2, 0.25) is 5.88 Å². The summed E-state index contributed by atoms with van der Waals surface area (Å²) in [5.41, 5.74) is 1.60. The van der Waals surface area contributed by atoms with Crippen LogP contribution in [0.15, 0.2) is 35.5 Å². The Labute approximate surface area is 155 Å². The summed E-state index contributed by atoms with van der Waals surface area (Å²) in [6.45, 7) is 4.39. The number of nitrogens with zero attached hydrogens (tertiary/aromatic N) is 3. The van der Waals surface area contributed by atoms with E-state index in [1.807, 2.05) is 12.1 Å². The molecular formula is C20H20F3N3O. The van der Waals surface area contributed by atoms with E-state index in [1.165, 1.54) is 13.0 Å². The maximum absolute atomic E-state index is 13.3. The van der Waals surface area contributed by atoms with Crippen LogP contribution in [0, 0.1) is 12.3 Å². The fourth-order valence-electron chi connectivity index (χ4n) is 4.04. The molecular weight excluding hydrogens is 355 g/mol. The predicted octanol–water partition coefficient (Wildman–Crippen LogP) is 4.92. The molecule has 0 radical (unpaired) electrons. The molecule has 3 heterocycles. The van der Waals surface area contributed by atoms with Gasteiger partial charge < -0.3 is 9.64 Å². The van der Waals surface area contributed by atoms with E-state index in [1.54, 1.807) is 19.4 Å². The number of methoxy groups -OCH3 is 1. The zero-order chi connectivity index (χ0) is 19.4. The molecule has 4 nitrogen and oxygen atoms in total. The van der Waals surface area contributed by atoms with E-state index < -0.39 is 11.7 Å². The third kappa shape index (κ3) is 2.95. The highest BCUT2D eigenvalue weighted by molar-refractivity contribution is 6.06. The van der Waals surface area contributed by atoms with Crippen molar-refractivity contribution in [2.45, 2.75) is 32.9 Å². The average Bonchev–Trinajstić information content (AvgIpc) is 2.94. The fourth-order valence-corrected chi connectivity index (χ4v) is 4.04. The zero-order valence-corrected chi connectivity index (χ0v) is 15.4. The molecule has 1 aromatic heterocycles. The monoisotopic (exact) mass is 375 g/mol. The molecule has 1 saturated heterocycles. The first-order valence-corrected chi connectivity index (χ1v) is 8.79. The Morgan fingerprint density at radius 2 is 2.00 bits per heavy atom. The molecule has 0 saturated carbocycles. The first kappa shape index (κ1) is 17.8. The van der Waals surface area contributed by atoms with Crippen molar-refractivity contribution in [3.8, 4) is 5.88 Å². The number of pyridine rings is 1. The van der Waals surface area contributed by atoms with Gasteiger partial charge in [0.15, 0.2) is 0 Å². The standard InChI is InChI=1S/C20H20F3N3O/c1-12-8-13-11-19(2)5-7-26(14-4-6-24-17(9-14)27-3)18(19)25-16(13)10-15(12)20(21,22)23/h4,6,8-10H,5,7,11H2,1-3H3/t19-/m0/s1. The van der Waals surface area contributed by atoms with Crippen LogP contribution >= 0.6 is 0 Å².